The molecule has 0 aliphatic carbocycles. The van der Waals surface area contributed by atoms with Crippen LogP contribution in [0, 0.1) is 6.92 Å². The van der Waals surface area contributed by atoms with Crippen LogP contribution in [0.4, 0.5) is 0 Å². The Morgan fingerprint density at radius 3 is 1.94 bits per heavy atom. The highest BCUT2D eigenvalue weighted by atomic mass is 35.5. The summed E-state index contributed by atoms with van der Waals surface area (Å²) in [5.74, 6) is 0.468. The molecule has 0 unspecified atom stereocenters. The topological polar surface area (TPSA) is 0 Å². The minimum absolute atomic E-state index is 0.0259. The Kier molecular flexibility index (Phi) is 3.97. The molecule has 0 aromatic heterocycles. The Balaban J connectivity index is 3.54. The van der Waals surface area contributed by atoms with Crippen molar-refractivity contribution in [3.05, 3.63) is 32.8 Å². The van der Waals surface area contributed by atoms with E-state index in [-0.39, 0.29) is 5.41 Å². The van der Waals surface area contributed by atoms with Gasteiger partial charge in [0.25, 0.3) is 0 Å². The van der Waals surface area contributed by atoms with E-state index in [4.69, 9.17) is 23.2 Å². The lowest BCUT2D eigenvalue weighted by atomic mass is 9.83. The fourth-order valence-electron chi connectivity index (χ4n) is 1.88. The van der Waals surface area contributed by atoms with Crippen LogP contribution in [0.3, 0.4) is 0 Å². The molecule has 90 valence electrons. The van der Waals surface area contributed by atoms with E-state index in [2.05, 4.69) is 40.7 Å². The van der Waals surface area contributed by atoms with E-state index >= 15 is 0 Å². The molecule has 0 heterocycles. The summed E-state index contributed by atoms with van der Waals surface area (Å²) in [4.78, 5) is 0. The third-order valence-electron chi connectivity index (χ3n) is 2.92. The summed E-state index contributed by atoms with van der Waals surface area (Å²) in [7, 11) is 0. The van der Waals surface area contributed by atoms with Gasteiger partial charge >= 0.3 is 0 Å². The molecule has 0 bridgehead atoms. The standard InChI is InChI=1S/C14H20Cl2/c1-8(2)10-7-11(14(4,5)6)13(16)12(15)9(10)3/h7-8H,1-6H3. The molecule has 0 fully saturated rings. The molecule has 0 aliphatic heterocycles. The van der Waals surface area contributed by atoms with Crippen molar-refractivity contribution in [1.29, 1.82) is 0 Å². The van der Waals surface area contributed by atoms with Crippen LogP contribution in [0.15, 0.2) is 6.07 Å². The van der Waals surface area contributed by atoms with E-state index in [1.807, 2.05) is 6.92 Å². The molecule has 1 aromatic carbocycles. The number of rotatable bonds is 1. The minimum atomic E-state index is 0.0259. The summed E-state index contributed by atoms with van der Waals surface area (Å²) in [6.07, 6.45) is 0. The van der Waals surface area contributed by atoms with E-state index in [0.29, 0.717) is 16.0 Å². The van der Waals surface area contributed by atoms with Crippen molar-refractivity contribution in [3.63, 3.8) is 0 Å². The van der Waals surface area contributed by atoms with E-state index in [9.17, 15) is 0 Å². The van der Waals surface area contributed by atoms with Crippen molar-refractivity contribution in [3.8, 4) is 0 Å². The van der Waals surface area contributed by atoms with Crippen LogP contribution in [0.5, 0.6) is 0 Å². The van der Waals surface area contributed by atoms with Gasteiger partial charge in [-0.2, -0.15) is 0 Å². The van der Waals surface area contributed by atoms with Gasteiger partial charge in [-0.3, -0.25) is 0 Å². The van der Waals surface area contributed by atoms with Gasteiger partial charge in [-0.15, -0.1) is 0 Å². The van der Waals surface area contributed by atoms with Gasteiger partial charge in [-0.1, -0.05) is 63.9 Å². The average molecular weight is 259 g/mol. The molecule has 0 spiro atoms. The van der Waals surface area contributed by atoms with Crippen LogP contribution >= 0.6 is 23.2 Å². The zero-order valence-corrected chi connectivity index (χ0v) is 12.4. The molecular formula is C14H20Cl2. The molecule has 2 heteroatoms. The van der Waals surface area contributed by atoms with Gasteiger partial charge in [0.1, 0.15) is 0 Å². The summed E-state index contributed by atoms with van der Waals surface area (Å²) in [5, 5.41) is 1.41. The molecule has 1 rings (SSSR count). The Morgan fingerprint density at radius 2 is 1.56 bits per heavy atom. The predicted octanol–water partition coefficient (Wildman–Crippen LogP) is 5.72. The zero-order chi connectivity index (χ0) is 12.7. The fraction of sp³-hybridized carbons (Fsp3) is 0.571. The summed E-state index contributed by atoms with van der Waals surface area (Å²) in [5.41, 5.74) is 3.56. The average Bonchev–Trinajstić information content (AvgIpc) is 2.11. The first kappa shape index (κ1) is 13.9. The zero-order valence-electron chi connectivity index (χ0n) is 10.9. The van der Waals surface area contributed by atoms with Crippen LogP contribution in [0.2, 0.25) is 10.0 Å². The second kappa shape index (κ2) is 4.58. The maximum Gasteiger partial charge on any atom is 0.0632 e. The van der Waals surface area contributed by atoms with Crippen molar-refractivity contribution in [2.45, 2.75) is 52.9 Å². The Labute approximate surface area is 109 Å². The Bertz CT molecular complexity index is 398. The second-order valence-electron chi connectivity index (χ2n) is 5.67. The highest BCUT2D eigenvalue weighted by Gasteiger charge is 2.22. The third kappa shape index (κ3) is 2.55. The summed E-state index contributed by atoms with van der Waals surface area (Å²) in [6, 6.07) is 2.20. The molecule has 0 aliphatic rings. The highest BCUT2D eigenvalue weighted by molar-refractivity contribution is 6.43. The van der Waals surface area contributed by atoms with Gasteiger partial charge in [0, 0.05) is 0 Å². The van der Waals surface area contributed by atoms with E-state index in [0.717, 1.165) is 11.1 Å². The molecule has 0 saturated carbocycles. The quantitative estimate of drug-likeness (QED) is 0.604. The van der Waals surface area contributed by atoms with Gasteiger partial charge < -0.3 is 0 Å². The summed E-state index contributed by atoms with van der Waals surface area (Å²) < 4.78 is 0. The second-order valence-corrected chi connectivity index (χ2v) is 6.43. The third-order valence-corrected chi connectivity index (χ3v) is 3.88. The van der Waals surface area contributed by atoms with Gasteiger partial charge in [0.05, 0.1) is 10.0 Å². The highest BCUT2D eigenvalue weighted by Crippen LogP contribution is 2.39. The molecular weight excluding hydrogens is 239 g/mol. The normalized spacial score (nSPS) is 12.3. The molecule has 0 atom stereocenters. The maximum atomic E-state index is 6.33. The number of hydrogen-bond donors (Lipinski definition) is 0. The lowest BCUT2D eigenvalue weighted by molar-refractivity contribution is 0.588. The molecule has 1 aromatic rings. The number of benzene rings is 1. The number of hydrogen-bond acceptors (Lipinski definition) is 0. The van der Waals surface area contributed by atoms with Gasteiger partial charge in [-0.25, -0.2) is 0 Å². The Hall–Kier alpha value is -0.200. The number of halogens is 2. The van der Waals surface area contributed by atoms with E-state index in [1.54, 1.807) is 0 Å². The fourth-order valence-corrected chi connectivity index (χ4v) is 2.57. The minimum Gasteiger partial charge on any atom is -0.0824 e. The van der Waals surface area contributed by atoms with E-state index in [1.165, 1.54) is 5.56 Å². The first-order valence-electron chi connectivity index (χ1n) is 5.65. The first-order chi connectivity index (χ1) is 7.16. The van der Waals surface area contributed by atoms with Crippen molar-refractivity contribution in [2.75, 3.05) is 0 Å². The molecule has 0 radical (unpaired) electrons. The van der Waals surface area contributed by atoms with Crippen LogP contribution in [-0.4, -0.2) is 0 Å². The molecule has 0 amide bonds. The lowest BCUT2D eigenvalue weighted by Gasteiger charge is -2.25. The van der Waals surface area contributed by atoms with Crippen LogP contribution in [-0.2, 0) is 5.41 Å². The van der Waals surface area contributed by atoms with Crippen LogP contribution < -0.4 is 0 Å². The van der Waals surface area contributed by atoms with Crippen LogP contribution in [0.25, 0.3) is 0 Å². The van der Waals surface area contributed by atoms with Gasteiger partial charge in [0.2, 0.25) is 0 Å². The van der Waals surface area contributed by atoms with Crippen LogP contribution in [0.1, 0.15) is 57.2 Å². The molecule has 16 heavy (non-hydrogen) atoms. The van der Waals surface area contributed by atoms with E-state index < -0.39 is 0 Å². The SMILES string of the molecule is Cc1c(C(C)C)cc(C(C)(C)C)c(Cl)c1Cl. The lowest BCUT2D eigenvalue weighted by Crippen LogP contribution is -2.13. The van der Waals surface area contributed by atoms with Gasteiger partial charge in [0.15, 0.2) is 0 Å². The van der Waals surface area contributed by atoms with Crippen molar-refractivity contribution in [1.82, 2.24) is 0 Å². The molecule has 0 saturated heterocycles. The van der Waals surface area contributed by atoms with Gasteiger partial charge in [-0.05, 0) is 34.9 Å². The summed E-state index contributed by atoms with van der Waals surface area (Å²) >= 11 is 12.6. The van der Waals surface area contributed by atoms with Crippen molar-refractivity contribution in [2.24, 2.45) is 0 Å². The van der Waals surface area contributed by atoms with Crippen molar-refractivity contribution < 1.29 is 0 Å². The molecule has 0 N–H and O–H groups in total. The molecule has 0 nitrogen and oxygen atoms in total. The Morgan fingerprint density at radius 1 is 1.06 bits per heavy atom. The largest absolute Gasteiger partial charge is 0.0824 e. The maximum absolute atomic E-state index is 6.33. The predicted molar refractivity (Wildman–Crippen MR) is 74.0 cm³/mol. The summed E-state index contributed by atoms with van der Waals surface area (Å²) in [6.45, 7) is 12.9. The van der Waals surface area contributed by atoms with Crippen molar-refractivity contribution >= 4 is 23.2 Å². The first-order valence-corrected chi connectivity index (χ1v) is 6.40. The monoisotopic (exact) mass is 258 g/mol. The smallest absolute Gasteiger partial charge is 0.0632 e.